The number of carbonyl (C=O) groups is 1. The van der Waals surface area contributed by atoms with Gasteiger partial charge in [0.15, 0.2) is 10.4 Å². The lowest BCUT2D eigenvalue weighted by atomic mass is 10.2. The minimum absolute atomic E-state index is 0.113. The van der Waals surface area contributed by atoms with E-state index in [1.807, 2.05) is 0 Å². The summed E-state index contributed by atoms with van der Waals surface area (Å²) in [5, 5.41) is 0.113. The molecule has 15 heavy (non-hydrogen) atoms. The van der Waals surface area contributed by atoms with Gasteiger partial charge >= 0.3 is 0 Å². The van der Waals surface area contributed by atoms with Gasteiger partial charge in [-0.05, 0) is 28.1 Å². The van der Waals surface area contributed by atoms with Gasteiger partial charge in [0.25, 0.3) is 0 Å². The van der Waals surface area contributed by atoms with Crippen LogP contribution in [-0.2, 0) is 0 Å². The molecule has 0 bridgehead atoms. The third-order valence-corrected chi connectivity index (χ3v) is 2.43. The number of aromatic nitrogens is 2. The number of hydrogen-bond donors (Lipinski definition) is 0. The molecule has 0 fully saturated rings. The third-order valence-electron chi connectivity index (χ3n) is 1.71. The number of nitrogens with zero attached hydrogens (tertiary/aromatic N) is 2. The quantitative estimate of drug-likeness (QED) is 0.629. The Balaban J connectivity index is 2.41. The Kier molecular flexibility index (Phi) is 2.83. The van der Waals surface area contributed by atoms with Crippen molar-refractivity contribution in [1.29, 1.82) is 0 Å². The zero-order valence-electron chi connectivity index (χ0n) is 7.28. The largest absolute Gasteiger partial charge is 0.446 e. The van der Waals surface area contributed by atoms with Crippen LogP contribution in [-0.4, -0.2) is 15.8 Å². The summed E-state index contributed by atoms with van der Waals surface area (Å²) < 4.78 is 5.59. The maximum Gasteiger partial charge on any atom is 0.232 e. The van der Waals surface area contributed by atoms with Gasteiger partial charge in [0.2, 0.25) is 5.78 Å². The van der Waals surface area contributed by atoms with Crippen molar-refractivity contribution in [2.45, 2.75) is 0 Å². The summed E-state index contributed by atoms with van der Waals surface area (Å²) in [5.41, 5.74) is 0.223. The van der Waals surface area contributed by atoms with Gasteiger partial charge in [0.05, 0.1) is 5.56 Å². The fraction of sp³-hybridized carbons (Fsp3) is 0. The molecule has 2 aromatic rings. The maximum atomic E-state index is 11.8. The van der Waals surface area contributed by atoms with E-state index < -0.39 is 0 Å². The molecule has 4 nitrogen and oxygen atoms in total. The van der Waals surface area contributed by atoms with E-state index >= 15 is 0 Å². The molecule has 0 saturated heterocycles. The van der Waals surface area contributed by atoms with Crippen molar-refractivity contribution in [3.8, 4) is 0 Å². The fourth-order valence-electron chi connectivity index (χ4n) is 1.04. The molecule has 0 aliphatic carbocycles. The second-order valence-corrected chi connectivity index (χ2v) is 3.80. The molecular weight excluding hydrogens is 283 g/mol. The molecule has 0 unspecified atom stereocenters. The highest BCUT2D eigenvalue weighted by atomic mass is 79.9. The average Bonchev–Trinajstić information content (AvgIpc) is 2.65. The smallest absolute Gasteiger partial charge is 0.232 e. The molecule has 0 N–H and O–H groups in total. The van der Waals surface area contributed by atoms with Gasteiger partial charge in [-0.25, -0.2) is 9.97 Å². The molecular formula is C9H4BrClN2O2. The standard InChI is InChI=1S/C9H4BrClN2O2/c10-7-2-1-6(15-7)8(14)5-3-12-4-13-9(5)11/h1-4H. The van der Waals surface area contributed by atoms with Crippen LogP contribution in [0.25, 0.3) is 0 Å². The highest BCUT2D eigenvalue weighted by Crippen LogP contribution is 2.20. The van der Waals surface area contributed by atoms with E-state index in [4.69, 9.17) is 16.0 Å². The summed E-state index contributed by atoms with van der Waals surface area (Å²) in [7, 11) is 0. The highest BCUT2D eigenvalue weighted by molar-refractivity contribution is 9.10. The molecule has 2 aromatic heterocycles. The minimum Gasteiger partial charge on any atom is -0.446 e. The van der Waals surface area contributed by atoms with Crippen molar-refractivity contribution in [2.75, 3.05) is 0 Å². The number of hydrogen-bond acceptors (Lipinski definition) is 4. The van der Waals surface area contributed by atoms with Gasteiger partial charge in [0.1, 0.15) is 11.5 Å². The van der Waals surface area contributed by atoms with E-state index in [1.54, 1.807) is 12.1 Å². The summed E-state index contributed by atoms with van der Waals surface area (Å²) in [6.07, 6.45) is 2.63. The van der Waals surface area contributed by atoms with E-state index in [0.717, 1.165) is 0 Å². The van der Waals surface area contributed by atoms with Crippen molar-refractivity contribution < 1.29 is 9.21 Å². The second kappa shape index (κ2) is 4.12. The Labute approximate surface area is 98.4 Å². The zero-order chi connectivity index (χ0) is 10.8. The first-order valence-electron chi connectivity index (χ1n) is 3.94. The number of furan rings is 1. The van der Waals surface area contributed by atoms with Crippen LogP contribution in [0.4, 0.5) is 0 Å². The van der Waals surface area contributed by atoms with Gasteiger partial charge in [0, 0.05) is 6.20 Å². The molecule has 0 aromatic carbocycles. The van der Waals surface area contributed by atoms with Crippen LogP contribution in [0, 0.1) is 0 Å². The van der Waals surface area contributed by atoms with Gasteiger partial charge in [-0.2, -0.15) is 0 Å². The van der Waals surface area contributed by atoms with Gasteiger partial charge in [-0.15, -0.1) is 0 Å². The Hall–Kier alpha value is -1.20. The summed E-state index contributed by atoms with van der Waals surface area (Å²) in [6, 6.07) is 3.18. The maximum absolute atomic E-state index is 11.8. The first kappa shape index (κ1) is 10.3. The third kappa shape index (κ3) is 2.08. The van der Waals surface area contributed by atoms with Crippen molar-refractivity contribution in [2.24, 2.45) is 0 Å². The SMILES string of the molecule is O=C(c1ccc(Br)o1)c1cncnc1Cl. The lowest BCUT2D eigenvalue weighted by Gasteiger charge is -1.97. The highest BCUT2D eigenvalue weighted by Gasteiger charge is 2.17. The van der Waals surface area contributed by atoms with E-state index in [-0.39, 0.29) is 22.3 Å². The predicted molar refractivity (Wildman–Crippen MR) is 56.9 cm³/mol. The molecule has 0 amide bonds. The van der Waals surface area contributed by atoms with Crippen LogP contribution in [0.2, 0.25) is 5.15 Å². The molecule has 0 aliphatic rings. The molecule has 0 saturated carbocycles. The number of rotatable bonds is 2. The first-order chi connectivity index (χ1) is 7.18. The van der Waals surface area contributed by atoms with Crippen LogP contribution in [0.15, 0.2) is 33.7 Å². The zero-order valence-corrected chi connectivity index (χ0v) is 9.62. The number of ketones is 1. The summed E-state index contributed by atoms with van der Waals surface area (Å²) in [6.45, 7) is 0. The average molecular weight is 288 g/mol. The van der Waals surface area contributed by atoms with Gasteiger partial charge in [-0.3, -0.25) is 4.79 Å². The lowest BCUT2D eigenvalue weighted by Crippen LogP contribution is -2.02. The lowest BCUT2D eigenvalue weighted by molar-refractivity contribution is 0.101. The van der Waals surface area contributed by atoms with Crippen molar-refractivity contribution in [1.82, 2.24) is 9.97 Å². The van der Waals surface area contributed by atoms with Crippen molar-refractivity contribution >= 4 is 33.3 Å². The van der Waals surface area contributed by atoms with E-state index in [2.05, 4.69) is 25.9 Å². The minimum atomic E-state index is -0.341. The van der Waals surface area contributed by atoms with Crippen LogP contribution in [0.1, 0.15) is 16.1 Å². The Bertz CT molecular complexity index is 512. The second-order valence-electron chi connectivity index (χ2n) is 2.66. The molecule has 0 spiro atoms. The van der Waals surface area contributed by atoms with Gasteiger partial charge < -0.3 is 4.42 Å². The van der Waals surface area contributed by atoms with Crippen LogP contribution in [0.5, 0.6) is 0 Å². The van der Waals surface area contributed by atoms with Crippen molar-refractivity contribution in [3.05, 3.63) is 45.8 Å². The molecule has 0 aliphatic heterocycles. The Morgan fingerprint density at radius 2 is 2.27 bits per heavy atom. The Morgan fingerprint density at radius 1 is 1.47 bits per heavy atom. The molecule has 76 valence electrons. The number of carbonyl (C=O) groups excluding carboxylic acids is 1. The summed E-state index contributed by atoms with van der Waals surface area (Å²) in [4.78, 5) is 19.2. The first-order valence-corrected chi connectivity index (χ1v) is 5.11. The molecule has 0 atom stereocenters. The molecule has 2 heterocycles. The summed E-state index contributed by atoms with van der Waals surface area (Å²) in [5.74, 6) is -0.148. The summed E-state index contributed by atoms with van der Waals surface area (Å²) >= 11 is 8.86. The van der Waals surface area contributed by atoms with Crippen LogP contribution in [0.3, 0.4) is 0 Å². The molecule has 6 heteroatoms. The Morgan fingerprint density at radius 3 is 2.87 bits per heavy atom. The monoisotopic (exact) mass is 286 g/mol. The normalized spacial score (nSPS) is 10.3. The molecule has 2 rings (SSSR count). The predicted octanol–water partition coefficient (Wildman–Crippen LogP) is 2.72. The number of halogens is 2. The van der Waals surface area contributed by atoms with E-state index in [0.29, 0.717) is 4.67 Å². The van der Waals surface area contributed by atoms with Crippen LogP contribution < -0.4 is 0 Å². The molecule has 0 radical (unpaired) electrons. The topological polar surface area (TPSA) is 56.0 Å². The van der Waals surface area contributed by atoms with Crippen molar-refractivity contribution in [3.63, 3.8) is 0 Å². The van der Waals surface area contributed by atoms with E-state index in [1.165, 1.54) is 12.5 Å². The van der Waals surface area contributed by atoms with Crippen LogP contribution >= 0.6 is 27.5 Å². The van der Waals surface area contributed by atoms with E-state index in [9.17, 15) is 4.79 Å². The van der Waals surface area contributed by atoms with Gasteiger partial charge in [-0.1, -0.05) is 11.6 Å². The fourth-order valence-corrected chi connectivity index (χ4v) is 1.52.